The van der Waals surface area contributed by atoms with E-state index in [1.165, 1.54) is 18.4 Å². The summed E-state index contributed by atoms with van der Waals surface area (Å²) < 4.78 is 2.20. The zero-order valence-electron chi connectivity index (χ0n) is 9.98. The second kappa shape index (κ2) is 3.87. The van der Waals surface area contributed by atoms with Crippen molar-refractivity contribution in [1.82, 2.24) is 14.8 Å². The lowest BCUT2D eigenvalue weighted by atomic mass is 10.1. The van der Waals surface area contributed by atoms with Gasteiger partial charge in [-0.3, -0.25) is 0 Å². The molecule has 0 fully saturated rings. The van der Waals surface area contributed by atoms with Crippen molar-refractivity contribution in [2.45, 2.75) is 32.7 Å². The zero-order chi connectivity index (χ0) is 11.8. The first-order chi connectivity index (χ1) is 8.25. The fraction of sp³-hybridized carbons (Fsp3) is 0.385. The third-order valence-corrected chi connectivity index (χ3v) is 3.31. The average Bonchev–Trinajstić information content (AvgIpc) is 2.76. The maximum Gasteiger partial charge on any atom is 0.166 e. The highest BCUT2D eigenvalue weighted by Crippen LogP contribution is 2.28. The molecule has 88 valence electrons. The number of aryl methyl sites for hydroxylation is 2. The Kier molecular flexibility index (Phi) is 2.35. The van der Waals surface area contributed by atoms with Crippen LogP contribution in [0.2, 0.25) is 0 Å². The summed E-state index contributed by atoms with van der Waals surface area (Å²) in [5.41, 5.74) is 9.01. The standard InChI is InChI=1S/C13H16N4/c1-9-5-6-11(14)10(8-9)13-16-15-12-4-2-3-7-17(12)13/h5-6,8H,2-4,7,14H2,1H3. The van der Waals surface area contributed by atoms with Crippen molar-refractivity contribution in [1.29, 1.82) is 0 Å². The van der Waals surface area contributed by atoms with E-state index in [2.05, 4.69) is 27.8 Å². The van der Waals surface area contributed by atoms with Crippen LogP contribution in [-0.4, -0.2) is 14.8 Å². The Balaban J connectivity index is 2.15. The summed E-state index contributed by atoms with van der Waals surface area (Å²) in [6.45, 7) is 3.07. The van der Waals surface area contributed by atoms with Crippen LogP contribution in [0.25, 0.3) is 11.4 Å². The number of rotatable bonds is 1. The van der Waals surface area contributed by atoms with Gasteiger partial charge in [0.05, 0.1) is 0 Å². The minimum Gasteiger partial charge on any atom is -0.398 e. The maximum absolute atomic E-state index is 6.03. The summed E-state index contributed by atoms with van der Waals surface area (Å²) in [6.07, 6.45) is 3.43. The molecule has 1 aliphatic heterocycles. The molecule has 0 saturated carbocycles. The van der Waals surface area contributed by atoms with Gasteiger partial charge in [-0.25, -0.2) is 0 Å². The molecule has 0 amide bonds. The second-order valence-electron chi connectivity index (χ2n) is 4.64. The molecule has 17 heavy (non-hydrogen) atoms. The molecule has 0 spiro atoms. The lowest BCUT2D eigenvalue weighted by Crippen LogP contribution is -2.11. The molecule has 2 heterocycles. The third kappa shape index (κ3) is 1.69. The number of nitrogens with two attached hydrogens (primary N) is 1. The van der Waals surface area contributed by atoms with Crippen LogP contribution in [-0.2, 0) is 13.0 Å². The molecular formula is C13H16N4. The highest BCUT2D eigenvalue weighted by Gasteiger charge is 2.18. The van der Waals surface area contributed by atoms with E-state index in [1.54, 1.807) is 0 Å². The molecule has 0 radical (unpaired) electrons. The van der Waals surface area contributed by atoms with Crippen molar-refractivity contribution in [3.05, 3.63) is 29.6 Å². The first kappa shape index (κ1) is 10.3. The second-order valence-corrected chi connectivity index (χ2v) is 4.64. The van der Waals surface area contributed by atoms with Gasteiger partial charge in [0.1, 0.15) is 5.82 Å². The largest absolute Gasteiger partial charge is 0.398 e. The van der Waals surface area contributed by atoms with Gasteiger partial charge in [-0.05, 0) is 31.9 Å². The van der Waals surface area contributed by atoms with Crippen LogP contribution in [0.4, 0.5) is 5.69 Å². The van der Waals surface area contributed by atoms with E-state index >= 15 is 0 Å². The van der Waals surface area contributed by atoms with E-state index in [-0.39, 0.29) is 0 Å². The Morgan fingerprint density at radius 2 is 2.12 bits per heavy atom. The van der Waals surface area contributed by atoms with Crippen molar-refractivity contribution >= 4 is 5.69 Å². The quantitative estimate of drug-likeness (QED) is 0.761. The normalized spacial score (nSPS) is 14.6. The van der Waals surface area contributed by atoms with Crippen LogP contribution >= 0.6 is 0 Å². The van der Waals surface area contributed by atoms with Gasteiger partial charge in [-0.1, -0.05) is 11.6 Å². The van der Waals surface area contributed by atoms with E-state index in [9.17, 15) is 0 Å². The number of nitrogens with zero attached hydrogens (tertiary/aromatic N) is 3. The molecule has 0 unspecified atom stereocenters. The predicted molar refractivity (Wildman–Crippen MR) is 67.5 cm³/mol. The Hall–Kier alpha value is -1.84. The summed E-state index contributed by atoms with van der Waals surface area (Å²) >= 11 is 0. The molecule has 2 N–H and O–H groups in total. The average molecular weight is 228 g/mol. The monoisotopic (exact) mass is 228 g/mol. The smallest absolute Gasteiger partial charge is 0.166 e. The van der Waals surface area contributed by atoms with Gasteiger partial charge >= 0.3 is 0 Å². The molecule has 2 aromatic rings. The molecule has 3 rings (SSSR count). The minimum atomic E-state index is 0.774. The van der Waals surface area contributed by atoms with Crippen LogP contribution in [0.15, 0.2) is 18.2 Å². The third-order valence-electron chi connectivity index (χ3n) is 3.31. The molecule has 0 aliphatic carbocycles. The van der Waals surface area contributed by atoms with Crippen LogP contribution in [0.1, 0.15) is 24.2 Å². The van der Waals surface area contributed by atoms with Crippen molar-refractivity contribution in [3.8, 4) is 11.4 Å². The minimum absolute atomic E-state index is 0.774. The van der Waals surface area contributed by atoms with Gasteiger partial charge < -0.3 is 10.3 Å². The van der Waals surface area contributed by atoms with Crippen molar-refractivity contribution in [3.63, 3.8) is 0 Å². The Morgan fingerprint density at radius 3 is 3.00 bits per heavy atom. The Morgan fingerprint density at radius 1 is 1.24 bits per heavy atom. The fourth-order valence-corrected chi connectivity index (χ4v) is 2.37. The molecule has 1 aromatic heterocycles. The Bertz CT molecular complexity index is 557. The molecule has 0 atom stereocenters. The molecule has 0 bridgehead atoms. The van der Waals surface area contributed by atoms with E-state index < -0.39 is 0 Å². The van der Waals surface area contributed by atoms with Crippen molar-refractivity contribution in [2.75, 3.05) is 5.73 Å². The highest BCUT2D eigenvalue weighted by molar-refractivity contribution is 5.72. The summed E-state index contributed by atoms with van der Waals surface area (Å²) in [5.74, 6) is 2.01. The molecule has 0 saturated heterocycles. The zero-order valence-corrected chi connectivity index (χ0v) is 9.98. The maximum atomic E-state index is 6.03. The number of fused-ring (bicyclic) bond motifs is 1. The topological polar surface area (TPSA) is 56.7 Å². The lowest BCUT2D eigenvalue weighted by Gasteiger charge is -2.15. The molecular weight excluding hydrogens is 212 g/mol. The number of aromatic nitrogens is 3. The predicted octanol–water partition coefficient (Wildman–Crippen LogP) is 2.17. The number of hydrogen-bond donors (Lipinski definition) is 1. The first-order valence-electron chi connectivity index (χ1n) is 6.04. The summed E-state index contributed by atoms with van der Waals surface area (Å²) in [7, 11) is 0. The fourth-order valence-electron chi connectivity index (χ4n) is 2.37. The number of benzene rings is 1. The van der Waals surface area contributed by atoms with E-state index in [1.807, 2.05) is 12.1 Å². The van der Waals surface area contributed by atoms with Gasteiger partial charge in [0.15, 0.2) is 5.82 Å². The van der Waals surface area contributed by atoms with Crippen LogP contribution in [0.3, 0.4) is 0 Å². The highest BCUT2D eigenvalue weighted by atomic mass is 15.3. The summed E-state index contributed by atoms with van der Waals surface area (Å²) in [5, 5.41) is 8.56. The SMILES string of the molecule is Cc1ccc(N)c(-c2nnc3n2CCCC3)c1. The van der Waals surface area contributed by atoms with Crippen molar-refractivity contribution in [2.24, 2.45) is 0 Å². The van der Waals surface area contributed by atoms with Crippen LogP contribution < -0.4 is 5.73 Å². The van der Waals surface area contributed by atoms with Crippen LogP contribution in [0.5, 0.6) is 0 Å². The first-order valence-corrected chi connectivity index (χ1v) is 6.04. The van der Waals surface area contributed by atoms with E-state index in [0.29, 0.717) is 0 Å². The lowest BCUT2D eigenvalue weighted by molar-refractivity contribution is 0.526. The summed E-state index contributed by atoms with van der Waals surface area (Å²) in [6, 6.07) is 6.04. The van der Waals surface area contributed by atoms with Gasteiger partial charge in [-0.15, -0.1) is 10.2 Å². The van der Waals surface area contributed by atoms with Gasteiger partial charge in [0, 0.05) is 24.2 Å². The van der Waals surface area contributed by atoms with Gasteiger partial charge in [-0.2, -0.15) is 0 Å². The molecule has 4 nitrogen and oxygen atoms in total. The van der Waals surface area contributed by atoms with Crippen LogP contribution in [0, 0.1) is 6.92 Å². The molecule has 1 aromatic carbocycles. The van der Waals surface area contributed by atoms with E-state index in [0.717, 1.165) is 35.9 Å². The van der Waals surface area contributed by atoms with Gasteiger partial charge in [0.2, 0.25) is 0 Å². The van der Waals surface area contributed by atoms with Crippen molar-refractivity contribution < 1.29 is 0 Å². The number of nitrogen functional groups attached to an aromatic ring is 1. The molecule has 1 aliphatic rings. The van der Waals surface area contributed by atoms with Gasteiger partial charge in [0.25, 0.3) is 0 Å². The number of anilines is 1. The van der Waals surface area contributed by atoms with E-state index in [4.69, 9.17) is 5.73 Å². The summed E-state index contributed by atoms with van der Waals surface area (Å²) in [4.78, 5) is 0. The molecule has 4 heteroatoms. The number of hydrogen-bond acceptors (Lipinski definition) is 3. The Labute approximate surface area is 100 Å².